The van der Waals surface area contributed by atoms with E-state index in [-0.39, 0.29) is 6.61 Å². The molecule has 0 amide bonds. The van der Waals surface area contributed by atoms with Gasteiger partial charge in [-0.3, -0.25) is 0 Å². The Balaban J connectivity index is 1.94. The van der Waals surface area contributed by atoms with Gasteiger partial charge in [0, 0.05) is 31.4 Å². The Kier molecular flexibility index (Phi) is 5.03. The first-order chi connectivity index (χ1) is 9.24. The Morgan fingerprint density at radius 3 is 2.74 bits per heavy atom. The molecule has 1 aromatic carbocycles. The van der Waals surface area contributed by atoms with Crippen molar-refractivity contribution in [2.24, 2.45) is 0 Å². The first-order valence-electron chi connectivity index (χ1n) is 6.53. The molecule has 0 aromatic heterocycles. The fourth-order valence-corrected chi connectivity index (χ4v) is 2.62. The fourth-order valence-electron chi connectivity index (χ4n) is 2.40. The summed E-state index contributed by atoms with van der Waals surface area (Å²) in [5, 5.41) is 21.5. The summed E-state index contributed by atoms with van der Waals surface area (Å²) in [6, 6.07) is 8.14. The average molecular weight is 280 g/mol. The van der Waals surface area contributed by atoms with Crippen molar-refractivity contribution in [1.29, 1.82) is 5.26 Å². The number of nitrogens with one attached hydrogen (secondary N) is 1. The second-order valence-electron chi connectivity index (χ2n) is 4.72. The molecule has 0 unspecified atom stereocenters. The van der Waals surface area contributed by atoms with Crippen molar-refractivity contribution in [3.05, 3.63) is 28.8 Å². The number of nitriles is 1. The Bertz CT molecular complexity index is 464. The van der Waals surface area contributed by atoms with Gasteiger partial charge < -0.3 is 15.3 Å². The Labute approximate surface area is 118 Å². The van der Waals surface area contributed by atoms with Crippen LogP contribution < -0.4 is 10.2 Å². The van der Waals surface area contributed by atoms with Gasteiger partial charge in [-0.25, -0.2) is 0 Å². The molecule has 1 aliphatic heterocycles. The van der Waals surface area contributed by atoms with Crippen LogP contribution in [-0.4, -0.2) is 37.4 Å². The van der Waals surface area contributed by atoms with Gasteiger partial charge in [0.2, 0.25) is 0 Å². The highest BCUT2D eigenvalue weighted by Gasteiger charge is 2.19. The van der Waals surface area contributed by atoms with Crippen LogP contribution in [-0.2, 0) is 0 Å². The summed E-state index contributed by atoms with van der Waals surface area (Å²) >= 11 is 6.06. The van der Waals surface area contributed by atoms with Gasteiger partial charge in [0.05, 0.1) is 17.2 Å². The fraction of sp³-hybridized carbons (Fsp3) is 0.500. The lowest BCUT2D eigenvalue weighted by atomic mass is 10.0. The highest BCUT2D eigenvalue weighted by atomic mass is 35.5. The van der Waals surface area contributed by atoms with Crippen molar-refractivity contribution >= 4 is 17.3 Å². The molecule has 0 bridgehead atoms. The summed E-state index contributed by atoms with van der Waals surface area (Å²) in [7, 11) is 0. The van der Waals surface area contributed by atoms with E-state index in [9.17, 15) is 0 Å². The quantitative estimate of drug-likeness (QED) is 0.882. The maximum absolute atomic E-state index is 8.86. The third-order valence-corrected chi connectivity index (χ3v) is 3.79. The second-order valence-corrected chi connectivity index (χ2v) is 5.12. The summed E-state index contributed by atoms with van der Waals surface area (Å²) in [6.07, 6.45) is 2.11. The SMILES string of the molecule is N#Cc1ccc(N2CCC(NCCO)CC2)cc1Cl. The number of aliphatic hydroxyl groups is 1. The van der Waals surface area contributed by atoms with E-state index in [4.69, 9.17) is 22.0 Å². The van der Waals surface area contributed by atoms with E-state index >= 15 is 0 Å². The lowest BCUT2D eigenvalue weighted by Crippen LogP contribution is -2.43. The van der Waals surface area contributed by atoms with Crippen LogP contribution in [0, 0.1) is 11.3 Å². The minimum absolute atomic E-state index is 0.186. The number of benzene rings is 1. The molecule has 0 atom stereocenters. The van der Waals surface area contributed by atoms with Crippen LogP contribution in [0.1, 0.15) is 18.4 Å². The molecular formula is C14H18ClN3O. The first-order valence-corrected chi connectivity index (χ1v) is 6.91. The van der Waals surface area contributed by atoms with E-state index in [1.807, 2.05) is 12.1 Å². The minimum atomic E-state index is 0.186. The molecule has 0 radical (unpaired) electrons. The molecular weight excluding hydrogens is 262 g/mol. The van der Waals surface area contributed by atoms with E-state index in [1.165, 1.54) is 0 Å². The van der Waals surface area contributed by atoms with Crippen LogP contribution in [0.5, 0.6) is 0 Å². The maximum Gasteiger partial charge on any atom is 0.101 e. The topological polar surface area (TPSA) is 59.3 Å². The van der Waals surface area contributed by atoms with Gasteiger partial charge in [0.1, 0.15) is 6.07 Å². The van der Waals surface area contributed by atoms with Crippen LogP contribution in [0.4, 0.5) is 5.69 Å². The monoisotopic (exact) mass is 279 g/mol. The number of hydrogen-bond acceptors (Lipinski definition) is 4. The highest BCUT2D eigenvalue weighted by Crippen LogP contribution is 2.25. The van der Waals surface area contributed by atoms with Crippen LogP contribution in [0.3, 0.4) is 0 Å². The van der Waals surface area contributed by atoms with Crippen LogP contribution in [0.25, 0.3) is 0 Å². The third-order valence-electron chi connectivity index (χ3n) is 3.48. The smallest absolute Gasteiger partial charge is 0.101 e. The molecule has 1 aromatic rings. The van der Waals surface area contributed by atoms with Gasteiger partial charge in [0.25, 0.3) is 0 Å². The van der Waals surface area contributed by atoms with Crippen LogP contribution >= 0.6 is 11.6 Å². The lowest BCUT2D eigenvalue weighted by molar-refractivity contribution is 0.277. The first kappa shape index (κ1) is 14.1. The van der Waals surface area contributed by atoms with Crippen molar-refractivity contribution in [3.63, 3.8) is 0 Å². The van der Waals surface area contributed by atoms with Crippen molar-refractivity contribution in [3.8, 4) is 6.07 Å². The zero-order valence-electron chi connectivity index (χ0n) is 10.8. The van der Waals surface area contributed by atoms with E-state index in [1.54, 1.807) is 6.07 Å². The summed E-state index contributed by atoms with van der Waals surface area (Å²) in [5.41, 5.74) is 1.59. The molecule has 19 heavy (non-hydrogen) atoms. The number of halogens is 1. The predicted octanol–water partition coefficient (Wildman–Crippen LogP) is 1.76. The van der Waals surface area contributed by atoms with E-state index in [0.29, 0.717) is 23.2 Å². The van der Waals surface area contributed by atoms with Crippen LogP contribution in [0.15, 0.2) is 18.2 Å². The maximum atomic E-state index is 8.86. The van der Waals surface area contributed by atoms with E-state index in [0.717, 1.165) is 31.6 Å². The zero-order chi connectivity index (χ0) is 13.7. The molecule has 1 aliphatic rings. The molecule has 2 N–H and O–H groups in total. The van der Waals surface area contributed by atoms with Gasteiger partial charge in [-0.1, -0.05) is 11.6 Å². The van der Waals surface area contributed by atoms with Gasteiger partial charge in [-0.05, 0) is 31.0 Å². The number of anilines is 1. The van der Waals surface area contributed by atoms with E-state index in [2.05, 4.69) is 16.3 Å². The Morgan fingerprint density at radius 1 is 1.42 bits per heavy atom. The summed E-state index contributed by atoms with van der Waals surface area (Å²) < 4.78 is 0. The standard InChI is InChI=1S/C14H18ClN3O/c15-14-9-13(2-1-11(14)10-16)18-6-3-12(4-7-18)17-5-8-19/h1-2,9,12,17,19H,3-8H2. The summed E-state index contributed by atoms with van der Waals surface area (Å²) in [4.78, 5) is 2.28. The summed E-state index contributed by atoms with van der Waals surface area (Å²) in [6.45, 7) is 2.77. The minimum Gasteiger partial charge on any atom is -0.395 e. The largest absolute Gasteiger partial charge is 0.395 e. The van der Waals surface area contributed by atoms with Gasteiger partial charge >= 0.3 is 0 Å². The predicted molar refractivity (Wildman–Crippen MR) is 76.5 cm³/mol. The van der Waals surface area contributed by atoms with Gasteiger partial charge in [0.15, 0.2) is 0 Å². The van der Waals surface area contributed by atoms with Crippen LogP contribution in [0.2, 0.25) is 5.02 Å². The molecule has 4 nitrogen and oxygen atoms in total. The second kappa shape index (κ2) is 6.76. The Morgan fingerprint density at radius 2 is 2.16 bits per heavy atom. The Hall–Kier alpha value is -1.28. The molecule has 5 heteroatoms. The third kappa shape index (κ3) is 3.60. The van der Waals surface area contributed by atoms with Crippen molar-refractivity contribution in [2.75, 3.05) is 31.1 Å². The van der Waals surface area contributed by atoms with Crippen molar-refractivity contribution in [1.82, 2.24) is 5.32 Å². The van der Waals surface area contributed by atoms with Crippen molar-refractivity contribution in [2.45, 2.75) is 18.9 Å². The number of piperidine rings is 1. The lowest BCUT2D eigenvalue weighted by Gasteiger charge is -2.34. The van der Waals surface area contributed by atoms with Gasteiger partial charge in [-0.2, -0.15) is 5.26 Å². The number of nitrogens with zero attached hydrogens (tertiary/aromatic N) is 2. The molecule has 0 saturated carbocycles. The normalized spacial score (nSPS) is 16.4. The molecule has 0 spiro atoms. The number of hydrogen-bond donors (Lipinski definition) is 2. The number of rotatable bonds is 4. The zero-order valence-corrected chi connectivity index (χ0v) is 11.5. The van der Waals surface area contributed by atoms with E-state index < -0.39 is 0 Å². The van der Waals surface area contributed by atoms with Crippen molar-refractivity contribution < 1.29 is 5.11 Å². The molecule has 102 valence electrons. The number of aliphatic hydroxyl groups excluding tert-OH is 1. The molecule has 2 rings (SSSR count). The average Bonchev–Trinajstić information content (AvgIpc) is 2.45. The molecule has 1 heterocycles. The molecule has 1 saturated heterocycles. The van der Waals surface area contributed by atoms with Gasteiger partial charge in [-0.15, -0.1) is 0 Å². The molecule has 1 fully saturated rings. The molecule has 0 aliphatic carbocycles. The highest BCUT2D eigenvalue weighted by molar-refractivity contribution is 6.32. The summed E-state index contributed by atoms with van der Waals surface area (Å²) in [5.74, 6) is 0.